The second-order valence-corrected chi connectivity index (χ2v) is 9.17. The molecule has 2 heterocycles. The van der Waals surface area contributed by atoms with Gasteiger partial charge in [0.15, 0.2) is 0 Å². The number of nitrogens with one attached hydrogen (secondary N) is 3. The fourth-order valence-electron chi connectivity index (χ4n) is 6.36. The summed E-state index contributed by atoms with van der Waals surface area (Å²) in [5.41, 5.74) is 2.45. The number of fused-ring (bicyclic) bond motifs is 1. The summed E-state index contributed by atoms with van der Waals surface area (Å²) in [6, 6.07) is 4.30. The lowest BCUT2D eigenvalue weighted by Gasteiger charge is -2.56. The van der Waals surface area contributed by atoms with Crippen LogP contribution in [0, 0.1) is 17.8 Å². The van der Waals surface area contributed by atoms with Gasteiger partial charge in [0.1, 0.15) is 5.82 Å². The van der Waals surface area contributed by atoms with E-state index < -0.39 is 0 Å². The van der Waals surface area contributed by atoms with Crippen molar-refractivity contribution in [1.29, 1.82) is 0 Å². The number of hydrogen-bond acceptors (Lipinski definition) is 3. The van der Waals surface area contributed by atoms with Crippen LogP contribution >= 0.6 is 0 Å². The van der Waals surface area contributed by atoms with Gasteiger partial charge in [0.25, 0.3) is 0 Å². The van der Waals surface area contributed by atoms with Crippen LogP contribution in [-0.2, 0) is 12.8 Å². The summed E-state index contributed by atoms with van der Waals surface area (Å²) in [4.78, 5) is 17.2. The molecular weight excluding hydrogens is 324 g/mol. The van der Waals surface area contributed by atoms with Crippen molar-refractivity contribution < 1.29 is 4.79 Å². The second-order valence-electron chi connectivity index (χ2n) is 9.17. The highest BCUT2D eigenvalue weighted by atomic mass is 16.2. The second kappa shape index (κ2) is 6.43. The van der Waals surface area contributed by atoms with Gasteiger partial charge in [-0.2, -0.15) is 0 Å². The molecule has 4 bridgehead atoms. The van der Waals surface area contributed by atoms with Gasteiger partial charge >= 0.3 is 6.03 Å². The molecule has 4 fully saturated rings. The maximum Gasteiger partial charge on any atom is 0.315 e. The molecule has 5 nitrogen and oxygen atoms in total. The Morgan fingerprint density at radius 2 is 1.88 bits per heavy atom. The van der Waals surface area contributed by atoms with Gasteiger partial charge in [0, 0.05) is 30.7 Å². The Kier molecular flexibility index (Phi) is 4.06. The molecule has 0 radical (unpaired) electrons. The zero-order valence-corrected chi connectivity index (χ0v) is 15.5. The Hall–Kier alpha value is -1.78. The molecule has 140 valence electrons. The molecule has 1 aliphatic heterocycles. The fourth-order valence-corrected chi connectivity index (χ4v) is 6.36. The van der Waals surface area contributed by atoms with Crippen LogP contribution < -0.4 is 16.0 Å². The van der Waals surface area contributed by atoms with Crippen molar-refractivity contribution in [2.24, 2.45) is 17.8 Å². The largest absolute Gasteiger partial charge is 0.370 e. The first-order chi connectivity index (χ1) is 12.7. The van der Waals surface area contributed by atoms with Gasteiger partial charge in [-0.15, -0.1) is 0 Å². The molecule has 3 N–H and O–H groups in total. The van der Waals surface area contributed by atoms with E-state index in [1.165, 1.54) is 50.5 Å². The molecule has 1 aromatic rings. The Labute approximate surface area is 155 Å². The van der Waals surface area contributed by atoms with Crippen LogP contribution in [0.1, 0.15) is 56.2 Å². The van der Waals surface area contributed by atoms with E-state index in [-0.39, 0.29) is 11.6 Å². The molecule has 4 saturated carbocycles. The third-order valence-electron chi connectivity index (χ3n) is 7.04. The highest BCUT2D eigenvalue weighted by molar-refractivity contribution is 5.74. The lowest BCUT2D eigenvalue weighted by Crippen LogP contribution is -2.61. The molecule has 0 aromatic carbocycles. The molecule has 0 spiro atoms. The van der Waals surface area contributed by atoms with Crippen molar-refractivity contribution in [3.05, 3.63) is 23.4 Å². The Morgan fingerprint density at radius 3 is 2.62 bits per heavy atom. The van der Waals surface area contributed by atoms with Crippen LogP contribution in [0.2, 0.25) is 0 Å². The number of carbonyl (C=O) groups is 1. The van der Waals surface area contributed by atoms with Gasteiger partial charge in [-0.1, -0.05) is 6.07 Å². The van der Waals surface area contributed by atoms with Crippen molar-refractivity contribution in [3.63, 3.8) is 0 Å². The van der Waals surface area contributed by atoms with Crippen molar-refractivity contribution in [3.8, 4) is 0 Å². The number of carbonyl (C=O) groups excluding carboxylic acids is 1. The Balaban J connectivity index is 1.14. The molecule has 2 amide bonds. The Bertz CT molecular complexity index is 666. The first-order valence-electron chi connectivity index (χ1n) is 10.5. The number of aromatic nitrogens is 1. The fraction of sp³-hybridized carbons (Fsp3) is 0.714. The van der Waals surface area contributed by atoms with Gasteiger partial charge in [-0.05, 0) is 80.8 Å². The predicted molar refractivity (Wildman–Crippen MR) is 102 cm³/mol. The highest BCUT2D eigenvalue weighted by Gasteiger charge is 2.51. The predicted octanol–water partition coefficient (Wildman–Crippen LogP) is 3.25. The maximum atomic E-state index is 12.5. The Morgan fingerprint density at radius 1 is 1.15 bits per heavy atom. The number of urea groups is 1. The summed E-state index contributed by atoms with van der Waals surface area (Å²) < 4.78 is 0. The van der Waals surface area contributed by atoms with E-state index in [9.17, 15) is 4.79 Å². The minimum atomic E-state index is 0.0167. The first kappa shape index (κ1) is 16.4. The smallest absolute Gasteiger partial charge is 0.315 e. The van der Waals surface area contributed by atoms with Crippen LogP contribution in [0.25, 0.3) is 0 Å². The van der Waals surface area contributed by atoms with Crippen LogP contribution in [0.3, 0.4) is 0 Å². The molecule has 26 heavy (non-hydrogen) atoms. The van der Waals surface area contributed by atoms with E-state index in [1.807, 2.05) is 0 Å². The SMILES string of the molecule is O=C(NCCc1ccc2c(n1)NCCC2)NC12CC3CC(CC(C3)C1)C2. The lowest BCUT2D eigenvalue weighted by molar-refractivity contribution is -0.0135. The molecule has 1 aromatic heterocycles. The number of anilines is 1. The van der Waals surface area contributed by atoms with Crippen molar-refractivity contribution in [2.75, 3.05) is 18.4 Å². The summed E-state index contributed by atoms with van der Waals surface area (Å²) in [5.74, 6) is 3.60. The molecule has 0 saturated heterocycles. The van der Waals surface area contributed by atoms with E-state index in [0.717, 1.165) is 48.7 Å². The van der Waals surface area contributed by atoms with Crippen LogP contribution in [0.15, 0.2) is 12.1 Å². The summed E-state index contributed by atoms with van der Waals surface area (Å²) in [6.45, 7) is 1.65. The zero-order chi connectivity index (χ0) is 17.6. The van der Waals surface area contributed by atoms with Gasteiger partial charge in [-0.25, -0.2) is 9.78 Å². The van der Waals surface area contributed by atoms with Crippen LogP contribution in [0.5, 0.6) is 0 Å². The van der Waals surface area contributed by atoms with E-state index >= 15 is 0 Å². The molecule has 0 atom stereocenters. The lowest BCUT2D eigenvalue weighted by atomic mass is 9.53. The van der Waals surface area contributed by atoms with Crippen molar-refractivity contribution in [2.45, 2.75) is 63.3 Å². The molecular formula is C21H30N4O. The van der Waals surface area contributed by atoms with Gasteiger partial charge in [0.05, 0.1) is 0 Å². The zero-order valence-electron chi connectivity index (χ0n) is 15.5. The minimum absolute atomic E-state index is 0.0167. The molecule has 5 heteroatoms. The minimum Gasteiger partial charge on any atom is -0.370 e. The summed E-state index contributed by atoms with van der Waals surface area (Å²) in [7, 11) is 0. The van der Waals surface area contributed by atoms with Gasteiger partial charge in [-0.3, -0.25) is 0 Å². The van der Waals surface area contributed by atoms with Crippen LogP contribution in [0.4, 0.5) is 10.6 Å². The molecule has 5 aliphatic rings. The number of pyridine rings is 1. The third-order valence-corrected chi connectivity index (χ3v) is 7.04. The van der Waals surface area contributed by atoms with E-state index in [4.69, 9.17) is 4.98 Å². The number of rotatable bonds is 4. The van der Waals surface area contributed by atoms with Gasteiger partial charge in [0.2, 0.25) is 0 Å². The van der Waals surface area contributed by atoms with E-state index in [1.54, 1.807) is 0 Å². The number of nitrogens with zero attached hydrogens (tertiary/aromatic N) is 1. The normalized spacial score (nSPS) is 34.1. The first-order valence-corrected chi connectivity index (χ1v) is 10.5. The summed E-state index contributed by atoms with van der Waals surface area (Å²) >= 11 is 0. The standard InChI is InChI=1S/C21H30N4O/c26-20(25-21-11-14-8-15(12-21)10-16(9-14)13-21)23-7-5-18-4-3-17-2-1-6-22-19(17)24-18/h3-4,14-16H,1-2,5-13H2,(H,22,24)(H2,23,25,26). The van der Waals surface area contributed by atoms with Crippen molar-refractivity contribution >= 4 is 11.8 Å². The monoisotopic (exact) mass is 354 g/mol. The van der Waals surface area contributed by atoms with E-state index in [0.29, 0.717) is 6.54 Å². The van der Waals surface area contributed by atoms with Crippen LogP contribution in [-0.4, -0.2) is 29.6 Å². The number of hydrogen-bond donors (Lipinski definition) is 3. The average Bonchev–Trinajstić information content (AvgIpc) is 2.60. The molecule has 6 rings (SSSR count). The third kappa shape index (κ3) is 3.17. The average molecular weight is 354 g/mol. The summed E-state index contributed by atoms with van der Waals surface area (Å²) in [6.07, 6.45) is 10.9. The molecule has 4 aliphatic carbocycles. The van der Waals surface area contributed by atoms with E-state index in [2.05, 4.69) is 28.1 Å². The highest BCUT2D eigenvalue weighted by Crippen LogP contribution is 2.55. The quantitative estimate of drug-likeness (QED) is 0.778. The summed E-state index contributed by atoms with van der Waals surface area (Å²) in [5, 5.41) is 9.83. The number of aryl methyl sites for hydroxylation is 1. The van der Waals surface area contributed by atoms with Crippen molar-refractivity contribution in [1.82, 2.24) is 15.6 Å². The number of amides is 2. The molecule has 0 unspecified atom stereocenters. The maximum absolute atomic E-state index is 12.5. The van der Waals surface area contributed by atoms with Gasteiger partial charge < -0.3 is 16.0 Å². The topological polar surface area (TPSA) is 66.0 Å².